The minimum Gasteiger partial charge on any atom is -0.414 e. The number of amides is 3. The topological polar surface area (TPSA) is 156 Å². The van der Waals surface area contributed by atoms with Gasteiger partial charge in [-0.15, -0.1) is 5.11 Å². The molecule has 3 heterocycles. The van der Waals surface area contributed by atoms with Gasteiger partial charge in [0, 0.05) is 31.4 Å². The second kappa shape index (κ2) is 27.7. The van der Waals surface area contributed by atoms with E-state index in [0.717, 1.165) is 57.2 Å². The first kappa shape index (κ1) is 59.5. The Morgan fingerprint density at radius 2 is 1.22 bits per heavy atom. The summed E-state index contributed by atoms with van der Waals surface area (Å²) in [7, 11) is -3.82. The molecule has 2 N–H and O–H groups in total. The van der Waals surface area contributed by atoms with Gasteiger partial charge >= 0.3 is 6.03 Å². The highest BCUT2D eigenvalue weighted by Gasteiger charge is 2.39. The molecule has 1 aliphatic heterocycles. The van der Waals surface area contributed by atoms with Crippen molar-refractivity contribution in [3.8, 4) is 0 Å². The van der Waals surface area contributed by atoms with Crippen LogP contribution in [0.5, 0.6) is 0 Å². The predicted molar refractivity (Wildman–Crippen MR) is 283 cm³/mol. The maximum absolute atomic E-state index is 13.3. The second-order valence-corrected chi connectivity index (χ2v) is 31.7. The van der Waals surface area contributed by atoms with Gasteiger partial charge in [-0.1, -0.05) is 90.2 Å². The Labute approximate surface area is 426 Å². The zero-order valence-electron chi connectivity index (χ0n) is 42.0. The first-order valence-corrected chi connectivity index (χ1v) is 31.1. The number of aromatic nitrogens is 2. The zero-order chi connectivity index (χ0) is 51.6. The van der Waals surface area contributed by atoms with E-state index in [-0.39, 0.29) is 63.3 Å². The summed E-state index contributed by atoms with van der Waals surface area (Å²) in [5.41, 5.74) is 1.32. The van der Waals surface area contributed by atoms with Crippen LogP contribution in [0.2, 0.25) is 36.3 Å². The molecule has 1 saturated heterocycles. The summed E-state index contributed by atoms with van der Waals surface area (Å²) in [5, 5.41) is 17.4. The number of H-pyrrole nitrogens is 1. The number of halogens is 4. The van der Waals surface area contributed by atoms with E-state index in [1.54, 1.807) is 64.3 Å². The number of aliphatic hydroxyl groups is 1. The van der Waals surface area contributed by atoms with Crippen molar-refractivity contribution in [2.45, 2.75) is 141 Å². The lowest BCUT2D eigenvalue weighted by Gasteiger charge is -2.37. The molecule has 0 spiro atoms. The number of hydrogen-bond acceptors (Lipinski definition) is 7. The molecule has 69 heavy (non-hydrogen) atoms. The van der Waals surface area contributed by atoms with Crippen LogP contribution in [0.25, 0.3) is 0 Å². The maximum Gasteiger partial charge on any atom is 0.362 e. The first-order chi connectivity index (χ1) is 32.2. The number of pyridine rings is 2. The van der Waals surface area contributed by atoms with Crippen LogP contribution in [0.1, 0.15) is 116 Å². The molecule has 2 aromatic carbocycles. The normalized spacial score (nSPS) is 15.7. The summed E-state index contributed by atoms with van der Waals surface area (Å²) >= 11 is 6.35. The summed E-state index contributed by atoms with van der Waals surface area (Å²) in [6, 6.07) is 18.5. The Balaban J connectivity index is 0.000000257. The monoisotopic (exact) mass is 1120 g/mol. The number of piperidine rings is 1. The number of aliphatic hydroxyl groups excluding tert-OH is 1. The molecule has 3 amide bonds. The van der Waals surface area contributed by atoms with Crippen LogP contribution in [-0.2, 0) is 13.6 Å². The highest BCUT2D eigenvalue weighted by Crippen LogP contribution is 2.38. The minimum atomic E-state index is -1.98. The molecule has 2 atom stereocenters. The van der Waals surface area contributed by atoms with E-state index in [1.807, 2.05) is 6.07 Å². The Morgan fingerprint density at radius 3 is 1.71 bits per heavy atom. The lowest BCUT2D eigenvalue weighted by molar-refractivity contribution is -0.123. The standard InChI is InChI=1S/C19H25BrFNO2Si.C14H23FO2Si.C13H21N3O2.C5H4BrNO/c1-19(2,3)25(4,5)24-13-17(14-8-10-15(21)11-9-14)22-12-6-7-16(20)18(22)23;1-14(2,3)18(4,5)17-10-13(16)11-6-8-12(15)9-7-11;17-12(11-7-3-1-4-8-11)14-15-13(18)16-9-5-2-6-10-16;6-4-2-1-3-7-5(4)8/h6-12,17H,13H2,1-5H3;6-9,13,16H,10H2,1-5H3;11H,1-10H2;1-3H,(H,7,8). The van der Waals surface area contributed by atoms with Crippen LogP contribution in [0.4, 0.5) is 13.6 Å². The summed E-state index contributed by atoms with van der Waals surface area (Å²) in [6.07, 6.45) is 11.0. The number of rotatable bonds is 10. The molecule has 12 nitrogen and oxygen atoms in total. The fraction of sp³-hybridized carbons (Fsp3) is 0.529. The molecule has 18 heteroatoms. The molecular formula is C51H73Br2F2N5O7Si2. The highest BCUT2D eigenvalue weighted by atomic mass is 79.9. The number of carbonyl (C=O) groups is 2. The lowest BCUT2D eigenvalue weighted by atomic mass is 9.89. The van der Waals surface area contributed by atoms with Gasteiger partial charge in [0.2, 0.25) is 0 Å². The molecule has 0 bridgehead atoms. The number of hydrogen-bond donors (Lipinski definition) is 2. The quantitative estimate of drug-likeness (QED) is 0.118. The number of nitrogens with one attached hydrogen (secondary N) is 1. The van der Waals surface area contributed by atoms with Crippen LogP contribution in [0.3, 0.4) is 0 Å². The molecule has 2 fully saturated rings. The van der Waals surface area contributed by atoms with Gasteiger partial charge in [-0.25, -0.2) is 13.6 Å². The van der Waals surface area contributed by atoms with Gasteiger partial charge in [-0.2, -0.15) is 0 Å². The molecule has 2 aliphatic rings. The van der Waals surface area contributed by atoms with Gasteiger partial charge in [0.15, 0.2) is 16.6 Å². The minimum absolute atomic E-state index is 0.00310. The molecule has 380 valence electrons. The van der Waals surface area contributed by atoms with Crippen LogP contribution in [0, 0.1) is 17.6 Å². The van der Waals surface area contributed by atoms with E-state index in [4.69, 9.17) is 8.85 Å². The van der Waals surface area contributed by atoms with Crippen molar-refractivity contribution in [3.05, 3.63) is 138 Å². The van der Waals surface area contributed by atoms with Gasteiger partial charge in [0.05, 0.1) is 28.2 Å². The fourth-order valence-electron chi connectivity index (χ4n) is 6.61. The average molecular weight is 1120 g/mol. The smallest absolute Gasteiger partial charge is 0.362 e. The molecule has 0 radical (unpaired) electrons. The largest absolute Gasteiger partial charge is 0.414 e. The number of urea groups is 1. The maximum atomic E-state index is 13.3. The number of azo groups is 1. The van der Waals surface area contributed by atoms with Crippen molar-refractivity contribution in [2.24, 2.45) is 16.1 Å². The van der Waals surface area contributed by atoms with E-state index in [0.29, 0.717) is 21.1 Å². The van der Waals surface area contributed by atoms with Crippen molar-refractivity contribution in [2.75, 3.05) is 26.3 Å². The number of likely N-dealkylation sites (tertiary alicyclic amines) is 1. The van der Waals surface area contributed by atoms with Gasteiger partial charge in [-0.05, 0) is 160 Å². The lowest BCUT2D eigenvalue weighted by Crippen LogP contribution is -2.43. The number of carbonyl (C=O) groups excluding carboxylic acids is 2. The third-order valence-electron chi connectivity index (χ3n) is 13.2. The van der Waals surface area contributed by atoms with Crippen LogP contribution >= 0.6 is 31.9 Å². The molecule has 6 rings (SSSR count). The molecular weight excluding hydrogens is 1050 g/mol. The first-order valence-electron chi connectivity index (χ1n) is 23.7. The van der Waals surface area contributed by atoms with E-state index in [9.17, 15) is 33.1 Å². The molecule has 2 unspecified atom stereocenters. The van der Waals surface area contributed by atoms with Crippen LogP contribution in [-0.4, -0.2) is 74.4 Å². The summed E-state index contributed by atoms with van der Waals surface area (Å²) < 4.78 is 41.1. The number of benzene rings is 2. The van der Waals surface area contributed by atoms with Gasteiger partial charge < -0.3 is 28.4 Å². The summed E-state index contributed by atoms with van der Waals surface area (Å²) in [4.78, 5) is 50.7. The zero-order valence-corrected chi connectivity index (χ0v) is 47.2. The average Bonchev–Trinajstić information content (AvgIpc) is 3.31. The van der Waals surface area contributed by atoms with Crippen molar-refractivity contribution in [1.29, 1.82) is 0 Å². The van der Waals surface area contributed by atoms with Gasteiger partial charge in [-0.3, -0.25) is 14.4 Å². The van der Waals surface area contributed by atoms with Crippen molar-refractivity contribution >= 4 is 60.4 Å². The second-order valence-electron chi connectivity index (χ2n) is 20.4. The van der Waals surface area contributed by atoms with Gasteiger partial charge in [0.25, 0.3) is 17.0 Å². The van der Waals surface area contributed by atoms with E-state index < -0.39 is 22.7 Å². The Kier molecular flexibility index (Phi) is 23.9. The number of aromatic amines is 1. The predicted octanol–water partition coefficient (Wildman–Crippen LogP) is 13.5. The molecule has 1 saturated carbocycles. The van der Waals surface area contributed by atoms with Crippen molar-refractivity contribution in [3.63, 3.8) is 0 Å². The SMILES string of the molecule is CC(C)(C)[Si](C)(C)OCC(O)c1ccc(F)cc1.CC(C)(C)[Si](C)(C)OCC(c1ccc(F)cc1)n1cccc(Br)c1=O.O=C(N=NC(=O)N1CCCCC1)C1CCCCC1.O=c1[nH]cccc1Br. The van der Waals surface area contributed by atoms with E-state index in [2.05, 4.69) is 115 Å². The number of nitrogens with zero attached hydrogens (tertiary/aromatic N) is 4. The summed E-state index contributed by atoms with van der Waals surface area (Å²) in [5.74, 6) is -0.803. The van der Waals surface area contributed by atoms with Gasteiger partial charge in [0.1, 0.15) is 17.7 Å². The Hall–Kier alpha value is -3.79. The van der Waals surface area contributed by atoms with E-state index >= 15 is 0 Å². The van der Waals surface area contributed by atoms with Crippen LogP contribution in [0.15, 0.2) is 114 Å². The molecule has 1 aliphatic carbocycles. The van der Waals surface area contributed by atoms with Crippen molar-refractivity contribution < 1.29 is 32.3 Å². The highest BCUT2D eigenvalue weighted by molar-refractivity contribution is 9.10. The molecule has 4 aromatic rings. The Morgan fingerprint density at radius 1 is 0.725 bits per heavy atom. The van der Waals surface area contributed by atoms with E-state index in [1.165, 1.54) is 37.1 Å². The molecule has 2 aromatic heterocycles. The van der Waals surface area contributed by atoms with Crippen LogP contribution < -0.4 is 11.1 Å². The summed E-state index contributed by atoms with van der Waals surface area (Å²) in [6.45, 7) is 23.8. The van der Waals surface area contributed by atoms with Crippen molar-refractivity contribution in [1.82, 2.24) is 14.5 Å². The third-order valence-corrected chi connectivity index (χ3v) is 23.4. The Bertz CT molecular complexity index is 2330. The fourth-order valence-corrected chi connectivity index (χ4v) is 9.25. The third kappa shape index (κ3) is 19.7.